The molecule has 0 saturated heterocycles. The molecule has 1 aliphatic carbocycles. The topological polar surface area (TPSA) is 92.7 Å². The van der Waals surface area contributed by atoms with Crippen molar-refractivity contribution >= 4 is 16.0 Å². The maximum atomic E-state index is 12.5. The Morgan fingerprint density at radius 2 is 2.10 bits per heavy atom. The minimum atomic E-state index is -3.73. The van der Waals surface area contributed by atoms with Gasteiger partial charge in [0.2, 0.25) is 10.0 Å². The van der Waals surface area contributed by atoms with Gasteiger partial charge in [0.1, 0.15) is 10.6 Å². The van der Waals surface area contributed by atoms with E-state index in [1.807, 2.05) is 0 Å². The molecule has 1 aromatic rings. The van der Waals surface area contributed by atoms with E-state index >= 15 is 0 Å². The van der Waals surface area contributed by atoms with Gasteiger partial charge in [-0.3, -0.25) is 4.79 Å². The van der Waals surface area contributed by atoms with Gasteiger partial charge in [-0.15, -0.1) is 0 Å². The van der Waals surface area contributed by atoms with Crippen LogP contribution in [0.15, 0.2) is 23.1 Å². The molecule has 0 amide bonds. The van der Waals surface area contributed by atoms with Crippen LogP contribution in [0.1, 0.15) is 24.8 Å². The van der Waals surface area contributed by atoms with Crippen molar-refractivity contribution in [3.05, 3.63) is 23.8 Å². The first-order valence-corrected chi connectivity index (χ1v) is 8.21. The third kappa shape index (κ3) is 3.54. The summed E-state index contributed by atoms with van der Waals surface area (Å²) in [6, 6.07) is 4.58. The maximum absolute atomic E-state index is 12.5. The van der Waals surface area contributed by atoms with Crippen molar-refractivity contribution in [1.82, 2.24) is 4.72 Å². The zero-order chi connectivity index (χ0) is 15.6. The van der Waals surface area contributed by atoms with Crippen molar-refractivity contribution in [2.45, 2.75) is 37.1 Å². The van der Waals surface area contributed by atoms with E-state index in [4.69, 9.17) is 9.84 Å². The van der Waals surface area contributed by atoms with E-state index in [1.54, 1.807) is 25.1 Å². The van der Waals surface area contributed by atoms with E-state index < -0.39 is 21.9 Å². The molecule has 0 radical (unpaired) electrons. The van der Waals surface area contributed by atoms with Crippen LogP contribution in [0.2, 0.25) is 0 Å². The van der Waals surface area contributed by atoms with Crippen LogP contribution in [-0.4, -0.2) is 32.6 Å². The molecule has 0 bridgehead atoms. The standard InChI is InChI=1S/C14H19NO5S/c1-9-3-6-12(20-2)13(7-9)21(18,19)15-11-5-4-10(8-11)14(16)17/h3,6-7,10-11,15H,4-5,8H2,1-2H3,(H,16,17)/t10-,11+/m0/s1. The van der Waals surface area contributed by atoms with Crippen LogP contribution < -0.4 is 9.46 Å². The molecular formula is C14H19NO5S. The number of benzene rings is 1. The number of nitrogens with one attached hydrogen (secondary N) is 1. The molecule has 1 aromatic carbocycles. The number of carbonyl (C=O) groups is 1. The molecule has 116 valence electrons. The summed E-state index contributed by atoms with van der Waals surface area (Å²) in [7, 11) is -2.31. The lowest BCUT2D eigenvalue weighted by molar-refractivity contribution is -0.141. The SMILES string of the molecule is COc1ccc(C)cc1S(=O)(=O)N[C@@H]1CC[C@H](C(=O)O)C1. The molecule has 0 aliphatic heterocycles. The number of carboxylic acid groups (broad SMARTS) is 1. The fourth-order valence-electron chi connectivity index (χ4n) is 2.59. The molecule has 0 unspecified atom stereocenters. The number of rotatable bonds is 5. The number of hydrogen-bond donors (Lipinski definition) is 2. The van der Waals surface area contributed by atoms with E-state index in [1.165, 1.54) is 7.11 Å². The number of ether oxygens (including phenoxy) is 1. The summed E-state index contributed by atoms with van der Waals surface area (Å²) in [5.74, 6) is -1.07. The molecule has 2 N–H and O–H groups in total. The average Bonchev–Trinajstić information content (AvgIpc) is 2.86. The van der Waals surface area contributed by atoms with Gasteiger partial charge in [0, 0.05) is 6.04 Å². The fraction of sp³-hybridized carbons (Fsp3) is 0.500. The Morgan fingerprint density at radius 1 is 1.38 bits per heavy atom. The van der Waals surface area contributed by atoms with Crippen LogP contribution in [0.4, 0.5) is 0 Å². The average molecular weight is 313 g/mol. The van der Waals surface area contributed by atoms with Crippen LogP contribution in [0.5, 0.6) is 5.75 Å². The molecule has 2 rings (SSSR count). The fourth-order valence-corrected chi connectivity index (χ4v) is 4.13. The van der Waals surface area contributed by atoms with Gasteiger partial charge in [-0.2, -0.15) is 0 Å². The highest BCUT2D eigenvalue weighted by molar-refractivity contribution is 7.89. The Balaban J connectivity index is 2.20. The van der Waals surface area contributed by atoms with Crippen molar-refractivity contribution in [3.8, 4) is 5.75 Å². The van der Waals surface area contributed by atoms with E-state index in [9.17, 15) is 13.2 Å². The summed E-state index contributed by atoms with van der Waals surface area (Å²) in [4.78, 5) is 11.0. The van der Waals surface area contributed by atoms with Crippen LogP contribution >= 0.6 is 0 Å². The van der Waals surface area contributed by atoms with E-state index in [2.05, 4.69) is 4.72 Å². The monoisotopic (exact) mass is 313 g/mol. The molecule has 7 heteroatoms. The van der Waals surface area contributed by atoms with Crippen molar-refractivity contribution in [3.63, 3.8) is 0 Å². The largest absolute Gasteiger partial charge is 0.495 e. The smallest absolute Gasteiger partial charge is 0.306 e. The Hall–Kier alpha value is -1.60. The Labute approximate surface area is 124 Å². The first-order valence-electron chi connectivity index (χ1n) is 6.73. The molecule has 1 fully saturated rings. The lowest BCUT2D eigenvalue weighted by Crippen LogP contribution is -2.33. The van der Waals surface area contributed by atoms with Crippen LogP contribution in [0.3, 0.4) is 0 Å². The first kappa shape index (κ1) is 15.8. The van der Waals surface area contributed by atoms with Crippen LogP contribution in [-0.2, 0) is 14.8 Å². The minimum Gasteiger partial charge on any atom is -0.495 e. The second-order valence-corrected chi connectivity index (χ2v) is 7.00. The zero-order valence-corrected chi connectivity index (χ0v) is 12.8. The highest BCUT2D eigenvalue weighted by Gasteiger charge is 2.33. The van der Waals surface area contributed by atoms with Gasteiger partial charge in [-0.05, 0) is 43.9 Å². The summed E-state index contributed by atoms with van der Waals surface area (Å²) >= 11 is 0. The van der Waals surface area contributed by atoms with Crippen LogP contribution in [0.25, 0.3) is 0 Å². The van der Waals surface area contributed by atoms with E-state index in [0.717, 1.165) is 5.56 Å². The molecule has 21 heavy (non-hydrogen) atoms. The number of sulfonamides is 1. The molecule has 6 nitrogen and oxygen atoms in total. The third-order valence-corrected chi connectivity index (χ3v) is 5.25. The van der Waals surface area contributed by atoms with Gasteiger partial charge in [-0.1, -0.05) is 6.07 Å². The first-order chi connectivity index (χ1) is 9.83. The van der Waals surface area contributed by atoms with E-state index in [0.29, 0.717) is 19.3 Å². The zero-order valence-electron chi connectivity index (χ0n) is 12.0. The Bertz CT molecular complexity index is 641. The van der Waals surface area contributed by atoms with Gasteiger partial charge in [0.05, 0.1) is 13.0 Å². The van der Waals surface area contributed by atoms with Crippen molar-refractivity contribution in [1.29, 1.82) is 0 Å². The lowest BCUT2D eigenvalue weighted by atomic mass is 10.1. The molecular weight excluding hydrogens is 294 g/mol. The molecule has 0 aromatic heterocycles. The van der Waals surface area contributed by atoms with Gasteiger partial charge < -0.3 is 9.84 Å². The Morgan fingerprint density at radius 3 is 2.67 bits per heavy atom. The second-order valence-electron chi connectivity index (χ2n) is 5.32. The molecule has 0 spiro atoms. The summed E-state index contributed by atoms with van der Waals surface area (Å²) in [5, 5.41) is 8.97. The quantitative estimate of drug-likeness (QED) is 0.860. The predicted octanol–water partition coefficient (Wildman–Crippen LogP) is 1.54. The minimum absolute atomic E-state index is 0.0868. The van der Waals surface area contributed by atoms with Gasteiger partial charge in [0.25, 0.3) is 0 Å². The molecule has 1 saturated carbocycles. The highest BCUT2D eigenvalue weighted by atomic mass is 32.2. The summed E-state index contributed by atoms with van der Waals surface area (Å²) in [5.41, 5.74) is 0.811. The number of aryl methyl sites for hydroxylation is 1. The normalized spacial score (nSPS) is 22.2. The molecule has 2 atom stereocenters. The van der Waals surface area contributed by atoms with Gasteiger partial charge in [-0.25, -0.2) is 13.1 Å². The Kier molecular flexibility index (Phi) is 4.53. The molecule has 1 aliphatic rings. The van der Waals surface area contributed by atoms with Crippen LogP contribution in [0, 0.1) is 12.8 Å². The number of methoxy groups -OCH3 is 1. The second kappa shape index (κ2) is 6.03. The molecule has 0 heterocycles. The lowest BCUT2D eigenvalue weighted by Gasteiger charge is -2.15. The van der Waals surface area contributed by atoms with Gasteiger partial charge >= 0.3 is 5.97 Å². The summed E-state index contributed by atoms with van der Waals surface area (Å²) < 4.78 is 32.6. The maximum Gasteiger partial charge on any atom is 0.306 e. The van der Waals surface area contributed by atoms with Crippen molar-refractivity contribution in [2.75, 3.05) is 7.11 Å². The number of carboxylic acids is 1. The predicted molar refractivity (Wildman–Crippen MR) is 76.8 cm³/mol. The third-order valence-electron chi connectivity index (χ3n) is 3.71. The summed E-state index contributed by atoms with van der Waals surface area (Å²) in [6.07, 6.45) is 1.35. The van der Waals surface area contributed by atoms with E-state index in [-0.39, 0.29) is 16.7 Å². The highest BCUT2D eigenvalue weighted by Crippen LogP contribution is 2.29. The number of hydrogen-bond acceptors (Lipinski definition) is 4. The van der Waals surface area contributed by atoms with Crippen molar-refractivity contribution < 1.29 is 23.1 Å². The number of aliphatic carboxylic acids is 1. The summed E-state index contributed by atoms with van der Waals surface area (Å²) in [6.45, 7) is 1.80. The van der Waals surface area contributed by atoms with Crippen molar-refractivity contribution in [2.24, 2.45) is 5.92 Å². The van der Waals surface area contributed by atoms with Gasteiger partial charge in [0.15, 0.2) is 0 Å².